The van der Waals surface area contributed by atoms with E-state index in [0.717, 1.165) is 55.1 Å². The quantitative estimate of drug-likeness (QED) is 0.230. The van der Waals surface area contributed by atoms with Crippen LogP contribution in [0.25, 0.3) is 78.0 Å². The normalized spacial score (nSPS) is 11.4. The minimum atomic E-state index is 0.603. The number of aromatic nitrogens is 3. The van der Waals surface area contributed by atoms with Crippen LogP contribution in [0.3, 0.4) is 0 Å². The van der Waals surface area contributed by atoms with Crippen molar-refractivity contribution in [2.24, 2.45) is 0 Å². The molecule has 0 amide bonds. The maximum atomic E-state index is 6.35. The van der Waals surface area contributed by atoms with Crippen LogP contribution in [-0.4, -0.2) is 15.0 Å². The molecule has 0 radical (unpaired) electrons. The van der Waals surface area contributed by atoms with Gasteiger partial charge in [0.15, 0.2) is 17.5 Å². The predicted molar refractivity (Wildman–Crippen MR) is 166 cm³/mol. The molecule has 4 heteroatoms. The van der Waals surface area contributed by atoms with E-state index in [4.69, 9.17) is 19.4 Å². The molecule has 41 heavy (non-hydrogen) atoms. The lowest BCUT2D eigenvalue weighted by atomic mass is 10.0. The van der Waals surface area contributed by atoms with Crippen LogP contribution < -0.4 is 0 Å². The van der Waals surface area contributed by atoms with Crippen LogP contribution in [0, 0.1) is 0 Å². The Morgan fingerprint density at radius 1 is 0.341 bits per heavy atom. The summed E-state index contributed by atoms with van der Waals surface area (Å²) in [6, 6.07) is 47.6. The minimum Gasteiger partial charge on any atom is -0.456 e. The number of nitrogens with zero attached hydrogens (tertiary/aromatic N) is 3. The Kier molecular flexibility index (Phi) is 5.42. The van der Waals surface area contributed by atoms with E-state index in [9.17, 15) is 0 Å². The SMILES string of the molecule is c1ccc(-c2cccc(-c3nc(-c4ccccc4)nc(-c4ccc5c(c4)oc4cc6ccccc6cc45)n3)c2)cc1. The number of fused-ring (bicyclic) bond motifs is 4. The molecule has 0 saturated heterocycles. The van der Waals surface area contributed by atoms with E-state index < -0.39 is 0 Å². The molecule has 2 heterocycles. The Morgan fingerprint density at radius 2 is 0.878 bits per heavy atom. The van der Waals surface area contributed by atoms with Crippen LogP contribution in [0.2, 0.25) is 0 Å². The summed E-state index contributed by atoms with van der Waals surface area (Å²) in [5.74, 6) is 1.86. The number of hydrogen-bond acceptors (Lipinski definition) is 4. The summed E-state index contributed by atoms with van der Waals surface area (Å²) in [7, 11) is 0. The van der Waals surface area contributed by atoms with E-state index in [1.54, 1.807) is 0 Å². The fourth-order valence-corrected chi connectivity index (χ4v) is 5.42. The molecule has 8 rings (SSSR count). The highest BCUT2D eigenvalue weighted by Gasteiger charge is 2.15. The topological polar surface area (TPSA) is 51.8 Å². The standard InChI is InChI=1S/C37H23N3O/c1-3-10-24(11-4-1)26-16-9-17-29(20-26)36-38-35(25-12-5-2-6-13-25)39-37(40-36)30-18-19-31-32-21-27-14-7-8-15-28(27)22-34(32)41-33(31)23-30/h1-23H. The molecule has 0 fully saturated rings. The van der Waals surface area contributed by atoms with Crippen molar-refractivity contribution >= 4 is 32.7 Å². The Balaban J connectivity index is 1.29. The molecule has 2 aromatic heterocycles. The second-order valence-electron chi connectivity index (χ2n) is 10.1. The summed E-state index contributed by atoms with van der Waals surface area (Å²) in [5, 5.41) is 4.53. The Morgan fingerprint density at radius 3 is 1.61 bits per heavy atom. The first kappa shape index (κ1) is 23.3. The summed E-state index contributed by atoms with van der Waals surface area (Å²) >= 11 is 0. The minimum absolute atomic E-state index is 0.603. The molecular formula is C37H23N3O. The lowest BCUT2D eigenvalue weighted by Crippen LogP contribution is -2.00. The smallest absolute Gasteiger partial charge is 0.164 e. The van der Waals surface area contributed by atoms with Gasteiger partial charge >= 0.3 is 0 Å². The van der Waals surface area contributed by atoms with E-state index in [-0.39, 0.29) is 0 Å². The largest absolute Gasteiger partial charge is 0.456 e. The molecule has 0 bridgehead atoms. The first-order valence-corrected chi connectivity index (χ1v) is 13.6. The third-order valence-electron chi connectivity index (χ3n) is 7.49. The zero-order chi connectivity index (χ0) is 27.2. The molecule has 0 aliphatic heterocycles. The molecule has 0 unspecified atom stereocenters. The van der Waals surface area contributed by atoms with Crippen molar-refractivity contribution in [2.75, 3.05) is 0 Å². The van der Waals surface area contributed by atoms with Crippen LogP contribution in [-0.2, 0) is 0 Å². The van der Waals surface area contributed by atoms with Gasteiger partial charge in [-0.1, -0.05) is 109 Å². The van der Waals surface area contributed by atoms with Crippen LogP contribution >= 0.6 is 0 Å². The van der Waals surface area contributed by atoms with Crippen LogP contribution in [0.5, 0.6) is 0 Å². The Labute approximate surface area is 236 Å². The Hall–Kier alpha value is -5.61. The Bertz CT molecular complexity index is 2200. The van der Waals surface area contributed by atoms with Gasteiger partial charge in [0.05, 0.1) is 0 Å². The van der Waals surface area contributed by atoms with E-state index in [1.807, 2.05) is 72.8 Å². The maximum absolute atomic E-state index is 6.35. The van der Waals surface area contributed by atoms with Crippen LogP contribution in [0.4, 0.5) is 0 Å². The van der Waals surface area contributed by atoms with Crippen LogP contribution in [0.1, 0.15) is 0 Å². The number of furan rings is 1. The summed E-state index contributed by atoms with van der Waals surface area (Å²) in [6.45, 7) is 0. The first-order valence-electron chi connectivity index (χ1n) is 13.6. The summed E-state index contributed by atoms with van der Waals surface area (Å²) in [5.41, 5.74) is 6.69. The number of benzene rings is 6. The zero-order valence-electron chi connectivity index (χ0n) is 22.0. The summed E-state index contributed by atoms with van der Waals surface area (Å²) < 4.78 is 6.35. The van der Waals surface area contributed by atoms with Gasteiger partial charge in [-0.05, 0) is 52.2 Å². The lowest BCUT2D eigenvalue weighted by molar-refractivity contribution is 0.669. The summed E-state index contributed by atoms with van der Waals surface area (Å²) in [4.78, 5) is 14.8. The highest BCUT2D eigenvalue weighted by Crippen LogP contribution is 2.35. The number of hydrogen-bond donors (Lipinski definition) is 0. The molecule has 0 spiro atoms. The van der Waals surface area contributed by atoms with Crippen LogP contribution in [0.15, 0.2) is 144 Å². The van der Waals surface area contributed by atoms with Crippen molar-refractivity contribution in [3.63, 3.8) is 0 Å². The van der Waals surface area contributed by atoms with Gasteiger partial charge in [-0.25, -0.2) is 15.0 Å². The average Bonchev–Trinajstić information content (AvgIpc) is 3.41. The van der Waals surface area contributed by atoms with E-state index in [0.29, 0.717) is 17.5 Å². The fraction of sp³-hybridized carbons (Fsp3) is 0. The maximum Gasteiger partial charge on any atom is 0.164 e. The zero-order valence-corrected chi connectivity index (χ0v) is 22.0. The van der Waals surface area contributed by atoms with Crippen molar-refractivity contribution in [3.8, 4) is 45.3 Å². The molecule has 0 aliphatic rings. The molecule has 6 aromatic carbocycles. The van der Waals surface area contributed by atoms with Crippen molar-refractivity contribution in [1.29, 1.82) is 0 Å². The van der Waals surface area contributed by atoms with Gasteiger partial charge in [-0.15, -0.1) is 0 Å². The van der Waals surface area contributed by atoms with Gasteiger partial charge in [0.1, 0.15) is 11.2 Å². The van der Waals surface area contributed by atoms with Gasteiger partial charge in [0, 0.05) is 27.5 Å². The van der Waals surface area contributed by atoms with Crippen molar-refractivity contribution in [1.82, 2.24) is 15.0 Å². The fourth-order valence-electron chi connectivity index (χ4n) is 5.42. The predicted octanol–water partition coefficient (Wildman–Crippen LogP) is 9.59. The molecule has 192 valence electrons. The highest BCUT2D eigenvalue weighted by molar-refractivity contribution is 6.10. The van der Waals surface area contributed by atoms with Gasteiger partial charge in [-0.3, -0.25) is 0 Å². The molecule has 0 atom stereocenters. The second kappa shape index (κ2) is 9.54. The first-order chi connectivity index (χ1) is 20.3. The van der Waals surface area contributed by atoms with Crippen molar-refractivity contribution in [2.45, 2.75) is 0 Å². The third kappa shape index (κ3) is 4.23. The molecule has 0 N–H and O–H groups in total. The van der Waals surface area contributed by atoms with Crippen molar-refractivity contribution < 1.29 is 4.42 Å². The lowest BCUT2D eigenvalue weighted by Gasteiger charge is -2.09. The monoisotopic (exact) mass is 525 g/mol. The number of rotatable bonds is 4. The van der Waals surface area contributed by atoms with E-state index >= 15 is 0 Å². The van der Waals surface area contributed by atoms with E-state index in [1.165, 1.54) is 5.39 Å². The molecule has 0 aliphatic carbocycles. The van der Waals surface area contributed by atoms with Gasteiger partial charge < -0.3 is 4.42 Å². The molecule has 0 saturated carbocycles. The highest BCUT2D eigenvalue weighted by atomic mass is 16.3. The van der Waals surface area contributed by atoms with Gasteiger partial charge in [0.2, 0.25) is 0 Å². The molecule has 4 nitrogen and oxygen atoms in total. The molecular weight excluding hydrogens is 502 g/mol. The second-order valence-corrected chi connectivity index (χ2v) is 10.1. The van der Waals surface area contributed by atoms with Gasteiger partial charge in [-0.2, -0.15) is 0 Å². The average molecular weight is 526 g/mol. The van der Waals surface area contributed by atoms with Gasteiger partial charge in [0.25, 0.3) is 0 Å². The third-order valence-corrected chi connectivity index (χ3v) is 7.49. The molecule has 8 aromatic rings. The summed E-state index contributed by atoms with van der Waals surface area (Å²) in [6.07, 6.45) is 0. The van der Waals surface area contributed by atoms with E-state index in [2.05, 4.69) is 66.7 Å². The van der Waals surface area contributed by atoms with Crippen molar-refractivity contribution in [3.05, 3.63) is 140 Å².